The van der Waals surface area contributed by atoms with Crippen molar-refractivity contribution in [3.8, 4) is 11.5 Å². The van der Waals surface area contributed by atoms with E-state index in [4.69, 9.17) is 9.47 Å². The number of allylic oxidation sites excluding steroid dienone is 1. The summed E-state index contributed by atoms with van der Waals surface area (Å²) in [5.41, 5.74) is 2.71. The van der Waals surface area contributed by atoms with Crippen LogP contribution in [0.2, 0.25) is 0 Å². The second kappa shape index (κ2) is 9.87. The lowest BCUT2D eigenvalue weighted by molar-refractivity contribution is -0.385. The van der Waals surface area contributed by atoms with Crippen molar-refractivity contribution in [1.82, 2.24) is 4.90 Å². The van der Waals surface area contributed by atoms with Crippen LogP contribution in [0.1, 0.15) is 35.2 Å². The standard InChI is InChI=1S/C25H26N2O6/c1-32-23-12-21(22(27(30)31)13-24(23)33-16-17-7-3-2-4-8-17)25(29)26-14-19-10-6-5-9-18(19)11-20(26)15-28/h2-4,6-8,10,12-13,20,28H,5,9,11,14-16H2,1H3. The molecule has 2 aromatic carbocycles. The van der Waals surface area contributed by atoms with Gasteiger partial charge in [-0.25, -0.2) is 0 Å². The minimum atomic E-state index is -0.592. The van der Waals surface area contributed by atoms with E-state index in [0.29, 0.717) is 13.0 Å². The summed E-state index contributed by atoms with van der Waals surface area (Å²) in [4.78, 5) is 26.3. The number of aliphatic hydroxyl groups excluding tert-OH is 1. The van der Waals surface area contributed by atoms with Gasteiger partial charge in [0, 0.05) is 12.6 Å². The molecule has 172 valence electrons. The SMILES string of the molecule is COc1cc(C(=O)N2CC3=C(CCC=C3)CC2CO)c([N+](=O)[O-])cc1OCc1ccccc1. The average Bonchev–Trinajstić information content (AvgIpc) is 2.86. The van der Waals surface area contributed by atoms with Crippen LogP contribution < -0.4 is 9.47 Å². The summed E-state index contributed by atoms with van der Waals surface area (Å²) in [6.07, 6.45) is 6.47. The van der Waals surface area contributed by atoms with Gasteiger partial charge in [0.15, 0.2) is 11.5 Å². The van der Waals surface area contributed by atoms with Crippen molar-refractivity contribution in [2.45, 2.75) is 31.9 Å². The summed E-state index contributed by atoms with van der Waals surface area (Å²) >= 11 is 0. The Morgan fingerprint density at radius 2 is 2.03 bits per heavy atom. The fourth-order valence-electron chi connectivity index (χ4n) is 4.30. The van der Waals surface area contributed by atoms with Crippen molar-refractivity contribution in [2.24, 2.45) is 0 Å². The molecule has 4 rings (SSSR count). The molecule has 0 radical (unpaired) electrons. The van der Waals surface area contributed by atoms with Crippen molar-refractivity contribution in [1.29, 1.82) is 0 Å². The van der Waals surface area contributed by atoms with Crippen molar-refractivity contribution in [3.63, 3.8) is 0 Å². The largest absolute Gasteiger partial charge is 0.493 e. The van der Waals surface area contributed by atoms with Crippen LogP contribution in [0.25, 0.3) is 0 Å². The van der Waals surface area contributed by atoms with Crippen molar-refractivity contribution < 1.29 is 24.3 Å². The normalized spacial score (nSPS) is 17.5. The molecule has 1 aliphatic carbocycles. The first-order chi connectivity index (χ1) is 16.0. The van der Waals surface area contributed by atoms with Crippen molar-refractivity contribution >= 4 is 11.6 Å². The quantitative estimate of drug-likeness (QED) is 0.505. The van der Waals surface area contributed by atoms with Gasteiger partial charge in [-0.05, 0) is 30.4 Å². The molecule has 0 bridgehead atoms. The maximum atomic E-state index is 13.5. The molecule has 33 heavy (non-hydrogen) atoms. The van der Waals surface area contributed by atoms with E-state index in [9.17, 15) is 20.0 Å². The van der Waals surface area contributed by atoms with Gasteiger partial charge in [0.1, 0.15) is 12.2 Å². The van der Waals surface area contributed by atoms with E-state index in [1.807, 2.05) is 36.4 Å². The van der Waals surface area contributed by atoms with E-state index >= 15 is 0 Å². The topological polar surface area (TPSA) is 102 Å². The fraction of sp³-hybridized carbons (Fsp3) is 0.320. The van der Waals surface area contributed by atoms with Gasteiger partial charge < -0.3 is 19.5 Å². The molecule has 0 aromatic heterocycles. The number of hydrogen-bond acceptors (Lipinski definition) is 6. The molecule has 1 heterocycles. The monoisotopic (exact) mass is 450 g/mol. The molecule has 1 atom stereocenters. The third-order valence-electron chi connectivity index (χ3n) is 6.07. The van der Waals surface area contributed by atoms with Gasteiger partial charge in [0.05, 0.1) is 30.7 Å². The first-order valence-electron chi connectivity index (χ1n) is 10.8. The zero-order chi connectivity index (χ0) is 23.4. The Balaban J connectivity index is 1.66. The van der Waals surface area contributed by atoms with Gasteiger partial charge in [0.25, 0.3) is 11.6 Å². The first-order valence-corrected chi connectivity index (χ1v) is 10.8. The molecule has 1 aliphatic heterocycles. The van der Waals surface area contributed by atoms with Crippen LogP contribution in [0.3, 0.4) is 0 Å². The molecule has 1 unspecified atom stereocenters. The minimum absolute atomic E-state index is 0.0915. The highest BCUT2D eigenvalue weighted by Gasteiger charge is 2.35. The molecule has 1 amide bonds. The number of ether oxygens (including phenoxy) is 2. The van der Waals surface area contributed by atoms with Crippen LogP contribution >= 0.6 is 0 Å². The average molecular weight is 450 g/mol. The van der Waals surface area contributed by atoms with Gasteiger partial charge in [-0.3, -0.25) is 14.9 Å². The van der Waals surface area contributed by atoms with E-state index in [1.54, 1.807) is 0 Å². The Bertz CT molecular complexity index is 1110. The van der Waals surface area contributed by atoms with Crippen LogP contribution in [-0.4, -0.2) is 47.1 Å². The van der Waals surface area contributed by atoms with Crippen molar-refractivity contribution in [2.75, 3.05) is 20.3 Å². The summed E-state index contributed by atoms with van der Waals surface area (Å²) in [5, 5.41) is 21.8. The number of amides is 1. The zero-order valence-electron chi connectivity index (χ0n) is 18.4. The highest BCUT2D eigenvalue weighted by atomic mass is 16.6. The van der Waals surface area contributed by atoms with Gasteiger partial charge in [-0.1, -0.05) is 48.1 Å². The maximum absolute atomic E-state index is 13.5. The molecular formula is C25H26N2O6. The summed E-state index contributed by atoms with van der Waals surface area (Å²) < 4.78 is 11.2. The Hall–Kier alpha value is -3.65. The molecule has 8 nitrogen and oxygen atoms in total. The molecule has 0 fully saturated rings. The Labute approximate surface area is 191 Å². The molecule has 0 saturated carbocycles. The van der Waals surface area contributed by atoms with Crippen LogP contribution in [0.15, 0.2) is 65.8 Å². The lowest BCUT2D eigenvalue weighted by atomic mass is 9.87. The van der Waals surface area contributed by atoms with E-state index in [2.05, 4.69) is 6.08 Å². The van der Waals surface area contributed by atoms with E-state index < -0.39 is 16.9 Å². The molecule has 0 saturated heterocycles. The summed E-state index contributed by atoms with van der Waals surface area (Å²) in [6, 6.07) is 11.6. The fourth-order valence-corrected chi connectivity index (χ4v) is 4.30. The number of benzene rings is 2. The number of aliphatic hydroxyl groups is 1. The number of nitro benzene ring substituents is 1. The molecule has 2 aromatic rings. The number of methoxy groups -OCH3 is 1. The number of nitrogens with zero attached hydrogens (tertiary/aromatic N) is 2. The van der Waals surface area contributed by atoms with Gasteiger partial charge in [-0.15, -0.1) is 0 Å². The summed E-state index contributed by atoms with van der Waals surface area (Å²) in [5.74, 6) is -0.101. The predicted octanol–water partition coefficient (Wildman–Crippen LogP) is 4.04. The lowest BCUT2D eigenvalue weighted by Crippen LogP contribution is -2.46. The Morgan fingerprint density at radius 3 is 2.73 bits per heavy atom. The van der Waals surface area contributed by atoms with Crippen LogP contribution in [0.5, 0.6) is 11.5 Å². The van der Waals surface area contributed by atoms with Crippen LogP contribution in [0, 0.1) is 10.1 Å². The first kappa shape index (κ1) is 22.5. The van der Waals surface area contributed by atoms with Gasteiger partial charge >= 0.3 is 0 Å². The summed E-state index contributed by atoms with van der Waals surface area (Å²) in [6.45, 7) is 0.292. The van der Waals surface area contributed by atoms with Gasteiger partial charge in [-0.2, -0.15) is 0 Å². The van der Waals surface area contributed by atoms with E-state index in [-0.39, 0.29) is 36.0 Å². The van der Waals surface area contributed by atoms with E-state index in [1.165, 1.54) is 29.7 Å². The highest BCUT2D eigenvalue weighted by Crippen LogP contribution is 2.38. The third-order valence-corrected chi connectivity index (χ3v) is 6.07. The second-order valence-corrected chi connectivity index (χ2v) is 8.10. The van der Waals surface area contributed by atoms with Crippen molar-refractivity contribution in [3.05, 3.63) is 87.0 Å². The number of carbonyl (C=O) groups excluding carboxylic acids is 1. The lowest BCUT2D eigenvalue weighted by Gasteiger charge is -2.37. The zero-order valence-corrected chi connectivity index (χ0v) is 18.4. The third kappa shape index (κ3) is 4.75. The minimum Gasteiger partial charge on any atom is -0.493 e. The maximum Gasteiger partial charge on any atom is 0.286 e. The van der Waals surface area contributed by atoms with Crippen LogP contribution in [0.4, 0.5) is 5.69 Å². The number of hydrogen-bond donors (Lipinski definition) is 1. The second-order valence-electron chi connectivity index (χ2n) is 8.10. The van der Waals surface area contributed by atoms with Crippen LogP contribution in [-0.2, 0) is 6.61 Å². The van der Waals surface area contributed by atoms with E-state index in [0.717, 1.165) is 24.0 Å². The summed E-state index contributed by atoms with van der Waals surface area (Å²) in [7, 11) is 1.42. The number of nitro groups is 1. The highest BCUT2D eigenvalue weighted by molar-refractivity contribution is 5.99. The number of carbonyl (C=O) groups is 1. The Kier molecular flexibility index (Phi) is 6.74. The number of rotatable bonds is 7. The molecule has 0 spiro atoms. The predicted molar refractivity (Wildman–Crippen MR) is 122 cm³/mol. The molecule has 8 heteroatoms. The molecular weight excluding hydrogens is 424 g/mol. The van der Waals surface area contributed by atoms with Gasteiger partial charge in [0.2, 0.25) is 0 Å². The smallest absolute Gasteiger partial charge is 0.286 e. The Morgan fingerprint density at radius 1 is 1.24 bits per heavy atom. The molecule has 2 aliphatic rings. The molecule has 1 N–H and O–H groups in total.